The Morgan fingerprint density at radius 1 is 1.07 bits per heavy atom. The number of ether oxygens (including phenoxy) is 1. The van der Waals surface area contributed by atoms with Crippen molar-refractivity contribution in [2.24, 2.45) is 5.92 Å². The zero-order chi connectivity index (χ0) is 21.1. The SMILES string of the molecule is O=C(NC1CC1)c1ccccc1OCC1CCCN(C(=O)c2ccc(F)c(F)c2)C1. The van der Waals surface area contributed by atoms with Gasteiger partial charge in [-0.3, -0.25) is 9.59 Å². The average molecular weight is 414 g/mol. The van der Waals surface area contributed by atoms with E-state index in [1.807, 2.05) is 6.07 Å². The molecule has 0 aromatic heterocycles. The molecule has 0 radical (unpaired) electrons. The Kier molecular flexibility index (Phi) is 5.97. The lowest BCUT2D eigenvalue weighted by Gasteiger charge is -2.33. The third-order valence-corrected chi connectivity index (χ3v) is 5.49. The first-order valence-corrected chi connectivity index (χ1v) is 10.3. The minimum Gasteiger partial charge on any atom is -0.492 e. The van der Waals surface area contributed by atoms with Crippen LogP contribution in [0.15, 0.2) is 42.5 Å². The van der Waals surface area contributed by atoms with Gasteiger partial charge in [0.25, 0.3) is 11.8 Å². The van der Waals surface area contributed by atoms with Gasteiger partial charge in [-0.05, 0) is 56.0 Å². The first kappa shape index (κ1) is 20.3. The Bertz CT molecular complexity index is 946. The van der Waals surface area contributed by atoms with Crippen molar-refractivity contribution in [3.05, 3.63) is 65.2 Å². The predicted molar refractivity (Wildman–Crippen MR) is 107 cm³/mol. The molecule has 0 bridgehead atoms. The zero-order valence-electron chi connectivity index (χ0n) is 16.6. The van der Waals surface area contributed by atoms with Crippen molar-refractivity contribution in [1.82, 2.24) is 10.2 Å². The van der Waals surface area contributed by atoms with E-state index in [0.29, 0.717) is 31.0 Å². The number of piperidine rings is 1. The third kappa shape index (κ3) is 4.78. The Balaban J connectivity index is 1.37. The number of hydrogen-bond donors (Lipinski definition) is 1. The second-order valence-electron chi connectivity index (χ2n) is 7.94. The van der Waals surface area contributed by atoms with E-state index in [0.717, 1.165) is 37.8 Å². The third-order valence-electron chi connectivity index (χ3n) is 5.49. The molecule has 2 fully saturated rings. The summed E-state index contributed by atoms with van der Waals surface area (Å²) in [4.78, 5) is 26.7. The minimum atomic E-state index is -1.03. The van der Waals surface area contributed by atoms with Gasteiger partial charge in [-0.2, -0.15) is 0 Å². The molecule has 1 atom stereocenters. The molecule has 1 aliphatic heterocycles. The van der Waals surface area contributed by atoms with Gasteiger partial charge >= 0.3 is 0 Å². The van der Waals surface area contributed by atoms with E-state index in [1.165, 1.54) is 6.07 Å². The number of benzene rings is 2. The molecule has 1 N–H and O–H groups in total. The lowest BCUT2D eigenvalue weighted by molar-refractivity contribution is 0.0632. The molecule has 2 aromatic carbocycles. The lowest BCUT2D eigenvalue weighted by Crippen LogP contribution is -2.41. The fourth-order valence-corrected chi connectivity index (χ4v) is 3.68. The van der Waals surface area contributed by atoms with Gasteiger partial charge in [-0.15, -0.1) is 0 Å². The average Bonchev–Trinajstić information content (AvgIpc) is 3.58. The van der Waals surface area contributed by atoms with E-state index in [9.17, 15) is 18.4 Å². The highest BCUT2D eigenvalue weighted by Crippen LogP contribution is 2.25. The summed E-state index contributed by atoms with van der Waals surface area (Å²) < 4.78 is 32.6. The highest BCUT2D eigenvalue weighted by atomic mass is 19.2. The maximum absolute atomic E-state index is 13.5. The van der Waals surface area contributed by atoms with E-state index in [-0.39, 0.29) is 29.3 Å². The lowest BCUT2D eigenvalue weighted by atomic mass is 9.98. The summed E-state index contributed by atoms with van der Waals surface area (Å²) in [7, 11) is 0. The maximum atomic E-state index is 13.5. The van der Waals surface area contributed by atoms with Crippen molar-refractivity contribution in [3.8, 4) is 5.75 Å². The molecule has 1 heterocycles. The van der Waals surface area contributed by atoms with Crippen molar-refractivity contribution in [2.75, 3.05) is 19.7 Å². The molecule has 1 saturated heterocycles. The van der Waals surface area contributed by atoms with Crippen molar-refractivity contribution >= 4 is 11.8 Å². The Morgan fingerprint density at radius 2 is 1.87 bits per heavy atom. The standard InChI is InChI=1S/C23H24F2N2O3/c24-19-10-7-16(12-20(19)25)23(29)27-11-3-4-15(13-27)14-30-21-6-2-1-5-18(21)22(28)26-17-8-9-17/h1-2,5-7,10,12,15,17H,3-4,8-9,11,13-14H2,(H,26,28). The van der Waals surface area contributed by atoms with Crippen LogP contribution in [0.25, 0.3) is 0 Å². The zero-order valence-corrected chi connectivity index (χ0v) is 16.6. The van der Waals surface area contributed by atoms with Gasteiger partial charge in [0.2, 0.25) is 0 Å². The monoisotopic (exact) mass is 414 g/mol. The molecule has 158 valence electrons. The summed E-state index contributed by atoms with van der Waals surface area (Å²) in [6.07, 6.45) is 3.71. The minimum absolute atomic E-state index is 0.0903. The van der Waals surface area contributed by atoms with Crippen LogP contribution in [-0.4, -0.2) is 42.5 Å². The molecule has 5 nitrogen and oxygen atoms in total. The summed E-state index contributed by atoms with van der Waals surface area (Å²) in [5.74, 6) is -1.83. The van der Waals surface area contributed by atoms with Crippen LogP contribution in [0.3, 0.4) is 0 Å². The summed E-state index contributed by atoms with van der Waals surface area (Å²) in [6, 6.07) is 10.6. The van der Waals surface area contributed by atoms with Gasteiger partial charge in [-0.1, -0.05) is 12.1 Å². The van der Waals surface area contributed by atoms with Crippen molar-refractivity contribution in [2.45, 2.75) is 31.7 Å². The van der Waals surface area contributed by atoms with Crippen LogP contribution >= 0.6 is 0 Å². The number of hydrogen-bond acceptors (Lipinski definition) is 3. The molecule has 2 aliphatic rings. The van der Waals surface area contributed by atoms with Gasteiger partial charge in [0.15, 0.2) is 11.6 Å². The Hall–Kier alpha value is -2.96. The number of likely N-dealkylation sites (tertiary alicyclic amines) is 1. The van der Waals surface area contributed by atoms with Crippen molar-refractivity contribution < 1.29 is 23.1 Å². The number of nitrogens with one attached hydrogen (secondary N) is 1. The fraction of sp³-hybridized carbons (Fsp3) is 0.391. The number of halogens is 2. The molecule has 2 amide bonds. The molecule has 0 spiro atoms. The van der Waals surface area contributed by atoms with Crippen LogP contribution in [0.2, 0.25) is 0 Å². The largest absolute Gasteiger partial charge is 0.492 e. The Labute approximate surface area is 174 Å². The number of nitrogens with zero attached hydrogens (tertiary/aromatic N) is 1. The molecule has 30 heavy (non-hydrogen) atoms. The molecule has 1 aliphatic carbocycles. The fourth-order valence-electron chi connectivity index (χ4n) is 3.68. The molecular formula is C23H24F2N2O3. The molecule has 4 rings (SSSR count). The normalized spacial score (nSPS) is 18.7. The summed E-state index contributed by atoms with van der Waals surface area (Å²) in [5, 5.41) is 2.97. The number of para-hydroxylation sites is 1. The van der Waals surface area contributed by atoms with Gasteiger partial charge in [0.1, 0.15) is 5.75 Å². The van der Waals surface area contributed by atoms with Crippen LogP contribution in [0.5, 0.6) is 5.75 Å². The summed E-state index contributed by atoms with van der Waals surface area (Å²) in [6.45, 7) is 1.40. The van der Waals surface area contributed by atoms with Crippen LogP contribution in [0.1, 0.15) is 46.4 Å². The second-order valence-corrected chi connectivity index (χ2v) is 7.94. The molecular weight excluding hydrogens is 390 g/mol. The van der Waals surface area contributed by atoms with Gasteiger partial charge in [0, 0.05) is 30.6 Å². The van der Waals surface area contributed by atoms with Crippen molar-refractivity contribution in [1.29, 1.82) is 0 Å². The van der Waals surface area contributed by atoms with Gasteiger partial charge in [-0.25, -0.2) is 8.78 Å². The quantitative estimate of drug-likeness (QED) is 0.783. The Morgan fingerprint density at radius 3 is 2.63 bits per heavy atom. The van der Waals surface area contributed by atoms with E-state index < -0.39 is 11.6 Å². The highest BCUT2D eigenvalue weighted by molar-refractivity contribution is 5.97. The summed E-state index contributed by atoms with van der Waals surface area (Å²) >= 11 is 0. The second kappa shape index (κ2) is 8.81. The molecule has 1 saturated carbocycles. The highest BCUT2D eigenvalue weighted by Gasteiger charge is 2.27. The van der Waals surface area contributed by atoms with Crippen molar-refractivity contribution in [3.63, 3.8) is 0 Å². The van der Waals surface area contributed by atoms with E-state index in [1.54, 1.807) is 23.1 Å². The molecule has 2 aromatic rings. The van der Waals surface area contributed by atoms with E-state index in [2.05, 4.69) is 5.32 Å². The predicted octanol–water partition coefficient (Wildman–Crippen LogP) is 3.79. The summed E-state index contributed by atoms with van der Waals surface area (Å²) in [5.41, 5.74) is 0.646. The number of carbonyl (C=O) groups is 2. The van der Waals surface area contributed by atoms with Crippen LogP contribution < -0.4 is 10.1 Å². The topological polar surface area (TPSA) is 58.6 Å². The first-order valence-electron chi connectivity index (χ1n) is 10.3. The van der Waals surface area contributed by atoms with Crippen LogP contribution in [0, 0.1) is 17.6 Å². The number of rotatable bonds is 6. The van der Waals surface area contributed by atoms with E-state index >= 15 is 0 Å². The van der Waals surface area contributed by atoms with Gasteiger partial charge < -0.3 is 15.0 Å². The number of carbonyl (C=O) groups excluding carboxylic acids is 2. The molecule has 7 heteroatoms. The maximum Gasteiger partial charge on any atom is 0.255 e. The number of amides is 2. The van der Waals surface area contributed by atoms with Crippen LogP contribution in [-0.2, 0) is 0 Å². The molecule has 1 unspecified atom stereocenters. The smallest absolute Gasteiger partial charge is 0.255 e. The van der Waals surface area contributed by atoms with E-state index in [4.69, 9.17) is 4.74 Å². The van der Waals surface area contributed by atoms with Crippen LogP contribution in [0.4, 0.5) is 8.78 Å². The first-order chi connectivity index (χ1) is 14.5. The van der Waals surface area contributed by atoms with Gasteiger partial charge in [0.05, 0.1) is 12.2 Å².